The molecule has 0 amide bonds. The Kier molecular flexibility index (Phi) is 6.09. The van der Waals surface area contributed by atoms with E-state index in [9.17, 15) is 4.39 Å². The van der Waals surface area contributed by atoms with Crippen molar-refractivity contribution in [1.82, 2.24) is 15.2 Å². The Bertz CT molecular complexity index is 854. The lowest BCUT2D eigenvalue weighted by Gasteiger charge is -2.37. The minimum absolute atomic E-state index is 0.210. The molecule has 0 saturated carbocycles. The highest BCUT2D eigenvalue weighted by Crippen LogP contribution is 2.29. The second-order valence-electron chi connectivity index (χ2n) is 7.05. The molecule has 0 spiro atoms. The summed E-state index contributed by atoms with van der Waals surface area (Å²) >= 11 is 0. The number of hydrogen-bond acceptors (Lipinski definition) is 5. The van der Waals surface area contributed by atoms with Gasteiger partial charge in [-0.2, -0.15) is 0 Å². The molecule has 1 N–H and O–H groups in total. The normalized spacial score (nSPS) is 17.0. The van der Waals surface area contributed by atoms with E-state index >= 15 is 0 Å². The summed E-state index contributed by atoms with van der Waals surface area (Å²) in [5.74, 6) is 2.36. The van der Waals surface area contributed by atoms with Crippen LogP contribution in [0.1, 0.15) is 11.1 Å². The van der Waals surface area contributed by atoms with Crippen molar-refractivity contribution in [3.05, 3.63) is 53.5 Å². The van der Waals surface area contributed by atoms with Crippen molar-refractivity contribution in [3.63, 3.8) is 0 Å². The van der Waals surface area contributed by atoms with E-state index in [0.29, 0.717) is 19.6 Å². The molecular formula is C21H26FN5O2. The van der Waals surface area contributed by atoms with E-state index in [1.54, 1.807) is 13.1 Å². The van der Waals surface area contributed by atoms with E-state index in [1.807, 2.05) is 24.4 Å². The Hall–Kier alpha value is -2.87. The van der Waals surface area contributed by atoms with Crippen LogP contribution in [0.15, 0.2) is 41.5 Å². The van der Waals surface area contributed by atoms with Crippen molar-refractivity contribution in [3.8, 4) is 5.75 Å². The zero-order chi connectivity index (χ0) is 20.1. The van der Waals surface area contributed by atoms with Gasteiger partial charge in [-0.25, -0.2) is 9.37 Å². The number of ether oxygens (including phenoxy) is 2. The summed E-state index contributed by atoms with van der Waals surface area (Å²) in [5, 5.41) is 3.40. The standard InChI is InChI=1S/C21H26FN5O2/c1-23-21(27-10-8-26(9-11-27)19-4-2-3-6-24-19)25-7-5-16-12-18(22)13-17-14-28-15-29-20(16)17/h2-4,6,12-13H,5,7-11,14-15H2,1H3,(H,23,25). The zero-order valence-electron chi connectivity index (χ0n) is 16.6. The largest absolute Gasteiger partial charge is 0.467 e. The summed E-state index contributed by atoms with van der Waals surface area (Å²) in [7, 11) is 1.79. The summed E-state index contributed by atoms with van der Waals surface area (Å²) in [5.41, 5.74) is 1.62. The number of rotatable bonds is 4. The third kappa shape index (κ3) is 4.59. The van der Waals surface area contributed by atoms with E-state index in [4.69, 9.17) is 9.47 Å². The smallest absolute Gasteiger partial charge is 0.193 e. The van der Waals surface area contributed by atoms with Crippen LogP contribution in [0, 0.1) is 5.82 Å². The van der Waals surface area contributed by atoms with Gasteiger partial charge in [0.25, 0.3) is 0 Å². The van der Waals surface area contributed by atoms with E-state index in [-0.39, 0.29) is 12.6 Å². The van der Waals surface area contributed by atoms with Crippen LogP contribution in [0.25, 0.3) is 0 Å². The predicted molar refractivity (Wildman–Crippen MR) is 110 cm³/mol. The second-order valence-corrected chi connectivity index (χ2v) is 7.05. The number of halogens is 1. The third-order valence-corrected chi connectivity index (χ3v) is 5.19. The number of anilines is 1. The SMILES string of the molecule is CN=C(NCCc1cc(F)cc2c1OCOC2)N1CCN(c2ccccn2)CC1. The summed E-state index contributed by atoms with van der Waals surface area (Å²) in [6, 6.07) is 9.00. The molecule has 0 aliphatic carbocycles. The van der Waals surface area contributed by atoms with Gasteiger partial charge in [0.1, 0.15) is 17.4 Å². The molecule has 1 aromatic heterocycles. The van der Waals surface area contributed by atoms with Crippen molar-refractivity contribution in [2.75, 3.05) is 51.5 Å². The van der Waals surface area contributed by atoms with Gasteiger partial charge < -0.3 is 24.6 Å². The quantitative estimate of drug-likeness (QED) is 0.627. The maximum absolute atomic E-state index is 13.9. The summed E-state index contributed by atoms with van der Waals surface area (Å²) in [6.45, 7) is 4.76. The molecule has 0 radical (unpaired) electrons. The Balaban J connectivity index is 1.31. The fourth-order valence-corrected chi connectivity index (χ4v) is 3.77. The first kappa shape index (κ1) is 19.4. The number of aromatic nitrogens is 1. The number of fused-ring (bicyclic) bond motifs is 1. The first-order valence-corrected chi connectivity index (χ1v) is 9.88. The van der Waals surface area contributed by atoms with Crippen LogP contribution in [0.4, 0.5) is 10.2 Å². The van der Waals surface area contributed by atoms with Crippen molar-refractivity contribution < 1.29 is 13.9 Å². The first-order valence-electron chi connectivity index (χ1n) is 9.88. The Morgan fingerprint density at radius 2 is 2.10 bits per heavy atom. The average Bonchev–Trinajstić information content (AvgIpc) is 2.77. The molecule has 0 unspecified atom stereocenters. The average molecular weight is 399 g/mol. The number of benzene rings is 1. The van der Waals surface area contributed by atoms with Crippen LogP contribution >= 0.6 is 0 Å². The fraction of sp³-hybridized carbons (Fsp3) is 0.429. The van der Waals surface area contributed by atoms with Crippen LogP contribution in [-0.4, -0.2) is 62.4 Å². The third-order valence-electron chi connectivity index (χ3n) is 5.19. The monoisotopic (exact) mass is 399 g/mol. The molecule has 154 valence electrons. The minimum atomic E-state index is -0.261. The molecule has 1 saturated heterocycles. The molecule has 8 heteroatoms. The van der Waals surface area contributed by atoms with Gasteiger partial charge >= 0.3 is 0 Å². The van der Waals surface area contributed by atoms with Gasteiger partial charge in [-0.05, 0) is 36.2 Å². The number of hydrogen-bond donors (Lipinski definition) is 1. The molecule has 7 nitrogen and oxygen atoms in total. The molecule has 0 atom stereocenters. The van der Waals surface area contributed by atoms with Crippen molar-refractivity contribution in [1.29, 1.82) is 0 Å². The summed E-state index contributed by atoms with van der Waals surface area (Å²) in [6.07, 6.45) is 2.47. The van der Waals surface area contributed by atoms with Crippen LogP contribution in [0.5, 0.6) is 5.75 Å². The number of aliphatic imine (C=N–C) groups is 1. The van der Waals surface area contributed by atoms with Crippen molar-refractivity contribution >= 4 is 11.8 Å². The number of nitrogens with one attached hydrogen (secondary N) is 1. The van der Waals surface area contributed by atoms with Gasteiger partial charge in [0.2, 0.25) is 0 Å². The van der Waals surface area contributed by atoms with Crippen LogP contribution in [-0.2, 0) is 17.8 Å². The molecule has 2 aromatic rings. The molecule has 2 aliphatic heterocycles. The maximum Gasteiger partial charge on any atom is 0.193 e. The van der Waals surface area contributed by atoms with Gasteiger partial charge in [-0.15, -0.1) is 0 Å². The zero-order valence-corrected chi connectivity index (χ0v) is 16.6. The molecule has 0 bridgehead atoms. The van der Waals surface area contributed by atoms with Crippen LogP contribution in [0.3, 0.4) is 0 Å². The Labute approximate surface area is 170 Å². The van der Waals surface area contributed by atoms with Crippen molar-refractivity contribution in [2.45, 2.75) is 13.0 Å². The van der Waals surface area contributed by atoms with E-state index < -0.39 is 0 Å². The van der Waals surface area contributed by atoms with Crippen LogP contribution < -0.4 is 15.0 Å². The van der Waals surface area contributed by atoms with E-state index in [0.717, 1.165) is 54.8 Å². The maximum atomic E-state index is 13.9. The van der Waals surface area contributed by atoms with Gasteiger partial charge in [0, 0.05) is 51.5 Å². The lowest BCUT2D eigenvalue weighted by molar-refractivity contribution is -0.0172. The predicted octanol–water partition coefficient (Wildman–Crippen LogP) is 2.03. The molecular weight excluding hydrogens is 373 g/mol. The summed E-state index contributed by atoms with van der Waals surface area (Å²) < 4.78 is 24.7. The van der Waals surface area contributed by atoms with E-state index in [2.05, 4.69) is 25.1 Å². The van der Waals surface area contributed by atoms with Gasteiger partial charge in [0.05, 0.1) is 6.61 Å². The van der Waals surface area contributed by atoms with Gasteiger partial charge in [-0.3, -0.25) is 4.99 Å². The molecule has 29 heavy (non-hydrogen) atoms. The highest BCUT2D eigenvalue weighted by atomic mass is 19.1. The second kappa shape index (κ2) is 9.09. The highest BCUT2D eigenvalue weighted by Gasteiger charge is 2.21. The highest BCUT2D eigenvalue weighted by molar-refractivity contribution is 5.80. The lowest BCUT2D eigenvalue weighted by atomic mass is 10.1. The number of nitrogens with zero attached hydrogens (tertiary/aromatic N) is 4. The van der Waals surface area contributed by atoms with E-state index in [1.165, 1.54) is 6.07 Å². The summed E-state index contributed by atoms with van der Waals surface area (Å²) in [4.78, 5) is 13.4. The number of guanidine groups is 1. The molecule has 2 aliphatic rings. The fourth-order valence-electron chi connectivity index (χ4n) is 3.77. The molecule has 1 aromatic carbocycles. The number of pyridine rings is 1. The van der Waals surface area contributed by atoms with Crippen molar-refractivity contribution in [2.24, 2.45) is 4.99 Å². The first-order chi connectivity index (χ1) is 14.2. The molecule has 3 heterocycles. The van der Waals surface area contributed by atoms with Crippen LogP contribution in [0.2, 0.25) is 0 Å². The topological polar surface area (TPSA) is 62.2 Å². The van der Waals surface area contributed by atoms with Gasteiger partial charge in [0.15, 0.2) is 12.8 Å². The lowest BCUT2D eigenvalue weighted by Crippen LogP contribution is -2.53. The molecule has 1 fully saturated rings. The minimum Gasteiger partial charge on any atom is -0.467 e. The number of piperazine rings is 1. The molecule has 4 rings (SSSR count). The Morgan fingerprint density at radius 3 is 2.86 bits per heavy atom. The Morgan fingerprint density at radius 1 is 1.24 bits per heavy atom. The van der Waals surface area contributed by atoms with Gasteiger partial charge in [-0.1, -0.05) is 6.07 Å².